The van der Waals surface area contributed by atoms with Crippen molar-refractivity contribution in [1.29, 1.82) is 0 Å². The number of fused-ring (bicyclic) bond motifs is 1. The third kappa shape index (κ3) is 6.37. The number of thiol groups is 1. The van der Waals surface area contributed by atoms with E-state index in [0.717, 1.165) is 37.0 Å². The summed E-state index contributed by atoms with van der Waals surface area (Å²) in [6, 6.07) is 7.92. The van der Waals surface area contributed by atoms with Crippen LogP contribution in [0.2, 0.25) is 0 Å². The molecule has 0 aliphatic carbocycles. The molecule has 4 N–H and O–H groups in total. The summed E-state index contributed by atoms with van der Waals surface area (Å²) >= 11 is 13.6. The van der Waals surface area contributed by atoms with Gasteiger partial charge in [-0.15, -0.1) is 12.6 Å². The summed E-state index contributed by atoms with van der Waals surface area (Å²) in [6.45, 7) is 1.67. The Kier molecular flexibility index (Phi) is 8.63. The molecule has 0 bridgehead atoms. The number of hydrogen-bond acceptors (Lipinski definition) is 4. The van der Waals surface area contributed by atoms with Crippen LogP contribution in [-0.4, -0.2) is 60.7 Å². The van der Waals surface area contributed by atoms with Crippen LogP contribution in [0.25, 0.3) is 11.0 Å². The molecule has 2 heterocycles. The third-order valence-electron chi connectivity index (χ3n) is 3.14. The Morgan fingerprint density at radius 2 is 1.73 bits per heavy atom. The number of piperidine rings is 1. The van der Waals surface area contributed by atoms with Gasteiger partial charge in [-0.05, 0) is 37.2 Å². The number of hydrazine groups is 1. The van der Waals surface area contributed by atoms with Crippen molar-refractivity contribution in [3.63, 3.8) is 0 Å². The van der Waals surface area contributed by atoms with Crippen molar-refractivity contribution in [1.82, 2.24) is 20.4 Å². The van der Waals surface area contributed by atoms with Gasteiger partial charge < -0.3 is 20.5 Å². The van der Waals surface area contributed by atoms with E-state index in [1.807, 2.05) is 29.3 Å². The predicted molar refractivity (Wildman–Crippen MR) is 101 cm³/mol. The molecule has 0 unspecified atom stereocenters. The number of thiocarbonyl (C=S) groups is 1. The zero-order valence-electron chi connectivity index (χ0n) is 11.8. The molecule has 9 heteroatoms. The molecule has 22 heavy (non-hydrogen) atoms. The molecule has 2 aromatic rings. The number of hydrogen-bond donors (Lipinski definition) is 5. The van der Waals surface area contributed by atoms with Crippen LogP contribution >= 0.6 is 37.1 Å². The van der Waals surface area contributed by atoms with Gasteiger partial charge in [-0.1, -0.05) is 24.4 Å². The Morgan fingerprint density at radius 1 is 1.23 bits per heavy atom. The zero-order valence-corrected chi connectivity index (χ0v) is 16.0. The molecule has 1 aliphatic rings. The number of imidazole rings is 1. The molecule has 0 spiro atoms. The monoisotopic (exact) mass is 422 g/mol. The topological polar surface area (TPSA) is 67.1 Å². The van der Waals surface area contributed by atoms with Crippen LogP contribution in [0.1, 0.15) is 12.8 Å². The number of aromatic amines is 2. The minimum absolute atomic E-state index is 0. The maximum absolute atomic E-state index is 9.15. The van der Waals surface area contributed by atoms with Crippen molar-refractivity contribution in [3.8, 4) is 0 Å². The molecule has 3 rings (SSSR count). The van der Waals surface area contributed by atoms with Crippen LogP contribution in [0.5, 0.6) is 0 Å². The van der Waals surface area contributed by atoms with Crippen molar-refractivity contribution in [2.24, 2.45) is 0 Å². The number of aliphatic hydroxyl groups is 1. The number of aliphatic hydroxyl groups excluding tert-OH is 1. The molecule has 1 saturated heterocycles. The van der Waals surface area contributed by atoms with E-state index < -0.39 is 0 Å². The fourth-order valence-electron chi connectivity index (χ4n) is 2.09. The molecule has 1 fully saturated rings. The Hall–Kier alpha value is -0.411. The van der Waals surface area contributed by atoms with E-state index >= 15 is 0 Å². The zero-order chi connectivity index (χ0) is 15.2. The minimum Gasteiger partial charge on any atom is -0.393 e. The Labute approximate surface area is 155 Å². The molecule has 1 aromatic carbocycles. The summed E-state index contributed by atoms with van der Waals surface area (Å²) in [5, 5.41) is 11.1. The van der Waals surface area contributed by atoms with Crippen molar-refractivity contribution in [2.45, 2.75) is 18.9 Å². The summed E-state index contributed by atoms with van der Waals surface area (Å²) < 4.78 is 1.17. The van der Waals surface area contributed by atoms with Gasteiger partial charge in [-0.25, -0.2) is 5.01 Å². The van der Waals surface area contributed by atoms with Gasteiger partial charge in [-0.2, -0.15) is 0 Å². The quantitative estimate of drug-likeness (QED) is 0.277. The molecule has 0 saturated carbocycles. The van der Waals surface area contributed by atoms with E-state index in [-0.39, 0.29) is 23.2 Å². The van der Waals surface area contributed by atoms with Gasteiger partial charge in [0.1, 0.15) is 4.32 Å². The fourth-order valence-corrected chi connectivity index (χ4v) is 2.58. The van der Waals surface area contributed by atoms with Crippen LogP contribution in [0.3, 0.4) is 0 Å². The minimum atomic E-state index is -0.137. The second-order valence-corrected chi connectivity index (χ2v) is 6.33. The first-order valence-electron chi connectivity index (χ1n) is 6.64. The van der Waals surface area contributed by atoms with Gasteiger partial charge in [0.2, 0.25) is 0 Å². The first-order valence-corrected chi connectivity index (χ1v) is 7.90. The predicted octanol–water partition coefficient (Wildman–Crippen LogP) is 2.01. The number of aromatic nitrogens is 2. The SMILES string of the molecule is OC1CCN(NC(=S)S)CC1.S=c1[nH]c2ccccc2[nH]1.[Se]. The second kappa shape index (κ2) is 9.67. The normalized spacial score (nSPS) is 15.5. The Bertz CT molecular complexity index is 616. The van der Waals surface area contributed by atoms with E-state index in [0.29, 0.717) is 9.09 Å². The van der Waals surface area contributed by atoms with Crippen molar-refractivity contribution >= 4 is 69.5 Å². The van der Waals surface area contributed by atoms with Crippen LogP contribution in [0.4, 0.5) is 0 Å². The molecular weight excluding hydrogens is 403 g/mol. The van der Waals surface area contributed by atoms with Crippen LogP contribution in [0.15, 0.2) is 24.3 Å². The van der Waals surface area contributed by atoms with Gasteiger partial charge in [0.15, 0.2) is 4.77 Å². The van der Waals surface area contributed by atoms with Crippen molar-refractivity contribution in [3.05, 3.63) is 29.0 Å². The second-order valence-electron chi connectivity index (χ2n) is 4.76. The number of nitrogens with zero attached hydrogens (tertiary/aromatic N) is 1. The average molecular weight is 421 g/mol. The van der Waals surface area contributed by atoms with E-state index in [4.69, 9.17) is 29.5 Å². The maximum atomic E-state index is 9.15. The largest absolute Gasteiger partial charge is 0.393 e. The standard InChI is InChI=1S/C7H6N2S.C6H12N2OS2.Se/c10-7-8-5-3-1-2-4-6(5)9-7;9-5-1-3-8(4-2-5)7-6(10)11;/h1-4H,(H2,8,9,10);5,9H,1-4H2,(H2,7,10,11);. The number of nitrogens with one attached hydrogen (secondary N) is 3. The van der Waals surface area contributed by atoms with Gasteiger partial charge in [0, 0.05) is 30.2 Å². The summed E-state index contributed by atoms with van der Waals surface area (Å²) in [7, 11) is 0. The molecule has 0 atom stereocenters. The molecule has 2 radical (unpaired) electrons. The van der Waals surface area contributed by atoms with Gasteiger partial charge in [0.25, 0.3) is 0 Å². The molecular formula is C13H18N4OS3Se. The van der Waals surface area contributed by atoms with Gasteiger partial charge >= 0.3 is 0 Å². The number of benzene rings is 1. The Morgan fingerprint density at radius 3 is 2.18 bits per heavy atom. The van der Waals surface area contributed by atoms with E-state index in [2.05, 4.69) is 28.0 Å². The van der Waals surface area contributed by atoms with Crippen LogP contribution in [-0.2, 0) is 0 Å². The first kappa shape index (κ1) is 19.6. The van der Waals surface area contributed by atoms with E-state index in [1.54, 1.807) is 0 Å². The maximum Gasteiger partial charge on any atom is 0.175 e. The number of para-hydroxylation sites is 2. The number of rotatable bonds is 1. The fraction of sp³-hybridized carbons (Fsp3) is 0.385. The van der Waals surface area contributed by atoms with Crippen LogP contribution in [0, 0.1) is 4.77 Å². The molecule has 120 valence electrons. The van der Waals surface area contributed by atoms with Gasteiger partial charge in [-0.3, -0.25) is 0 Å². The van der Waals surface area contributed by atoms with Gasteiger partial charge in [0.05, 0.1) is 17.1 Å². The summed E-state index contributed by atoms with van der Waals surface area (Å²) in [6.07, 6.45) is 1.48. The van der Waals surface area contributed by atoms with Crippen LogP contribution < -0.4 is 5.43 Å². The van der Waals surface area contributed by atoms with Crippen molar-refractivity contribution in [2.75, 3.05) is 13.1 Å². The average Bonchev–Trinajstić information content (AvgIpc) is 2.81. The third-order valence-corrected chi connectivity index (χ3v) is 3.54. The molecule has 1 aliphatic heterocycles. The number of H-pyrrole nitrogens is 2. The van der Waals surface area contributed by atoms with E-state index in [1.165, 1.54) is 0 Å². The summed E-state index contributed by atoms with van der Waals surface area (Å²) in [4.78, 5) is 6.04. The molecule has 0 amide bonds. The van der Waals surface area contributed by atoms with E-state index in [9.17, 15) is 0 Å². The molecule has 1 aromatic heterocycles. The summed E-state index contributed by atoms with van der Waals surface area (Å²) in [5.41, 5.74) is 5.05. The van der Waals surface area contributed by atoms with Crippen molar-refractivity contribution < 1.29 is 5.11 Å². The first-order chi connectivity index (χ1) is 10.0. The summed E-state index contributed by atoms with van der Waals surface area (Å²) in [5.74, 6) is 0. The smallest absolute Gasteiger partial charge is 0.175 e. The molecule has 5 nitrogen and oxygen atoms in total. The Balaban J connectivity index is 0.000000211.